The molecule has 3 aromatic carbocycles. The van der Waals surface area contributed by atoms with E-state index >= 15 is 0 Å². The molecule has 1 aliphatic heterocycles. The molecule has 238 valence electrons. The monoisotopic (exact) mass is 647 g/mol. The lowest BCUT2D eigenvalue weighted by atomic mass is 9.93. The topological polar surface area (TPSA) is 158 Å². The van der Waals surface area contributed by atoms with Crippen molar-refractivity contribution in [3.63, 3.8) is 0 Å². The van der Waals surface area contributed by atoms with Crippen molar-refractivity contribution >= 4 is 22.1 Å². The summed E-state index contributed by atoms with van der Waals surface area (Å²) in [5, 5.41) is 15.8. The molecule has 4 aromatic heterocycles. The number of nitriles is 1. The molecule has 0 amide bonds. The Hall–Kier alpha value is -6.36. The Balaban J connectivity index is 1.33. The first kappa shape index (κ1) is 29.1. The van der Waals surface area contributed by atoms with Gasteiger partial charge < -0.3 is 8.83 Å². The molecule has 0 radical (unpaired) electrons. The molecule has 0 aliphatic carbocycles. The van der Waals surface area contributed by atoms with Crippen molar-refractivity contribution in [3.05, 3.63) is 126 Å². The molecule has 48 heavy (non-hydrogen) atoms. The highest BCUT2D eigenvalue weighted by Crippen LogP contribution is 2.39. The van der Waals surface area contributed by atoms with E-state index in [9.17, 15) is 23.2 Å². The van der Waals surface area contributed by atoms with Gasteiger partial charge in [0.1, 0.15) is 17.7 Å². The number of H-pyrrole nitrogens is 1. The minimum Gasteiger partial charge on any atom is -0.408 e. The predicted molar refractivity (Wildman–Crippen MR) is 168 cm³/mol. The lowest BCUT2D eigenvalue weighted by molar-refractivity contribution is 0.517. The van der Waals surface area contributed by atoms with Crippen molar-refractivity contribution in [1.82, 2.24) is 29.1 Å². The molecule has 14 heteroatoms. The molecule has 0 unspecified atom stereocenters. The van der Waals surface area contributed by atoms with E-state index in [1.165, 1.54) is 28.8 Å². The van der Waals surface area contributed by atoms with Gasteiger partial charge in [0.2, 0.25) is 0 Å². The van der Waals surface area contributed by atoms with E-state index in [1.54, 1.807) is 47.1 Å². The zero-order chi connectivity index (χ0) is 33.1. The number of fused-ring (bicyclic) bond motifs is 4. The van der Waals surface area contributed by atoms with Gasteiger partial charge in [-0.1, -0.05) is 24.3 Å². The molecule has 12 nitrogen and oxygen atoms in total. The summed E-state index contributed by atoms with van der Waals surface area (Å²) in [5.74, 6) is -2.61. The second-order valence-electron chi connectivity index (χ2n) is 11.5. The van der Waals surface area contributed by atoms with E-state index in [2.05, 4.69) is 10.2 Å². The number of halogens is 2. The molecule has 0 bridgehead atoms. The number of hydrogen-bond acceptors (Lipinski definition) is 8. The van der Waals surface area contributed by atoms with Crippen molar-refractivity contribution in [1.29, 1.82) is 5.26 Å². The van der Waals surface area contributed by atoms with E-state index in [1.807, 2.05) is 4.68 Å². The van der Waals surface area contributed by atoms with Gasteiger partial charge in [-0.25, -0.2) is 33.1 Å². The molecule has 0 fully saturated rings. The van der Waals surface area contributed by atoms with Gasteiger partial charge in [0.05, 0.1) is 34.3 Å². The standard InChI is InChI=1S/C34H23F2N7O5/c35-22-8-3-18(4-9-22)5-10-24-28(31-39-40-33(45)48-31)27(29-30(38-24)42-12-1-13-43(42)32(29)44)20-7-11-25-26(15-20)47-34(46)41(25)17-19-2-6-21(16-37)23(36)14-19/h2-4,6-9,11,14-15H,1,5,10,12-13,17H2,(H,40,45). The number of rotatable bonds is 7. The van der Waals surface area contributed by atoms with Crippen molar-refractivity contribution in [2.24, 2.45) is 0 Å². The minimum atomic E-state index is -0.797. The van der Waals surface area contributed by atoms with E-state index in [0.717, 1.165) is 12.0 Å². The number of nitrogens with one attached hydrogen (secondary N) is 1. The Bertz CT molecular complexity index is 2630. The van der Waals surface area contributed by atoms with E-state index < -0.39 is 17.3 Å². The zero-order valence-corrected chi connectivity index (χ0v) is 25.0. The van der Waals surface area contributed by atoms with Crippen LogP contribution in [0.5, 0.6) is 0 Å². The van der Waals surface area contributed by atoms with Gasteiger partial charge in [0.25, 0.3) is 11.4 Å². The third-order valence-electron chi connectivity index (χ3n) is 8.64. The number of hydrogen-bond donors (Lipinski definition) is 1. The summed E-state index contributed by atoms with van der Waals surface area (Å²) in [6, 6.07) is 17.0. The quantitative estimate of drug-likeness (QED) is 0.265. The molecule has 0 saturated carbocycles. The van der Waals surface area contributed by atoms with E-state index in [-0.39, 0.29) is 40.3 Å². The number of aryl methyl sites for hydroxylation is 3. The summed E-state index contributed by atoms with van der Waals surface area (Å²) in [5.41, 5.74) is 3.66. The molecule has 0 saturated heterocycles. The number of oxazole rings is 1. The van der Waals surface area contributed by atoms with Crippen molar-refractivity contribution in [3.8, 4) is 28.7 Å². The van der Waals surface area contributed by atoms with Gasteiger partial charge in [-0.2, -0.15) is 5.26 Å². The number of aromatic amines is 1. The Morgan fingerprint density at radius 2 is 1.69 bits per heavy atom. The van der Waals surface area contributed by atoms with Crippen LogP contribution in [0, 0.1) is 23.0 Å². The van der Waals surface area contributed by atoms with Gasteiger partial charge in [-0.3, -0.25) is 14.0 Å². The molecule has 8 rings (SSSR count). The maximum Gasteiger partial charge on any atom is 0.434 e. The summed E-state index contributed by atoms with van der Waals surface area (Å²) in [7, 11) is 0. The summed E-state index contributed by atoms with van der Waals surface area (Å²) < 4.78 is 43.8. The zero-order valence-electron chi connectivity index (χ0n) is 25.0. The van der Waals surface area contributed by atoms with Crippen LogP contribution in [-0.2, 0) is 32.5 Å². The van der Waals surface area contributed by atoms with Gasteiger partial charge in [0.15, 0.2) is 11.2 Å². The molecule has 0 atom stereocenters. The molecule has 7 aromatic rings. The lowest BCUT2D eigenvalue weighted by Crippen LogP contribution is -2.16. The third-order valence-corrected chi connectivity index (χ3v) is 8.64. The van der Waals surface area contributed by atoms with E-state index in [4.69, 9.17) is 19.1 Å². The van der Waals surface area contributed by atoms with Crippen LogP contribution in [0.15, 0.2) is 83.9 Å². The maximum atomic E-state index is 14.3. The predicted octanol–water partition coefficient (Wildman–Crippen LogP) is 4.50. The number of nitrogens with zero attached hydrogens (tertiary/aromatic N) is 6. The van der Waals surface area contributed by atoms with E-state index in [0.29, 0.717) is 65.0 Å². The SMILES string of the molecule is N#Cc1ccc(Cn2c(=O)oc3cc(-c4c(-c5n[nH]c(=O)o5)c(CCc5ccc(F)cc5)nc5c4c(=O)n4n5CCC4)ccc32)cc1F. The lowest BCUT2D eigenvalue weighted by Gasteiger charge is -2.14. The smallest absolute Gasteiger partial charge is 0.408 e. The van der Waals surface area contributed by atoms with Crippen LogP contribution in [0.3, 0.4) is 0 Å². The first-order valence-corrected chi connectivity index (χ1v) is 15.1. The van der Waals surface area contributed by atoms with Gasteiger partial charge >= 0.3 is 11.5 Å². The first-order valence-electron chi connectivity index (χ1n) is 15.1. The maximum absolute atomic E-state index is 14.3. The summed E-state index contributed by atoms with van der Waals surface area (Å²) >= 11 is 0. The first-order chi connectivity index (χ1) is 23.3. The Kier molecular flexibility index (Phi) is 6.76. The fraction of sp³-hybridized carbons (Fsp3) is 0.176. The molecular weight excluding hydrogens is 624 g/mol. The average molecular weight is 648 g/mol. The highest BCUT2D eigenvalue weighted by molar-refractivity contribution is 6.02. The van der Waals surface area contributed by atoms with Gasteiger partial charge in [0, 0.05) is 18.7 Å². The highest BCUT2D eigenvalue weighted by Gasteiger charge is 2.29. The largest absolute Gasteiger partial charge is 0.434 e. The molecule has 1 aliphatic rings. The normalized spacial score (nSPS) is 12.6. The van der Waals surface area contributed by atoms with Gasteiger partial charge in [-0.05, 0) is 72.4 Å². The number of pyridine rings is 1. The van der Waals surface area contributed by atoms with Crippen molar-refractivity contribution in [2.75, 3.05) is 0 Å². The summed E-state index contributed by atoms with van der Waals surface area (Å²) in [4.78, 5) is 44.1. The minimum absolute atomic E-state index is 0.0158. The molecule has 1 N–H and O–H groups in total. The third kappa shape index (κ3) is 4.75. The number of aromatic nitrogens is 6. The molecular formula is C34H23F2N7O5. The van der Waals surface area contributed by atoms with Crippen LogP contribution in [-0.4, -0.2) is 29.1 Å². The molecule has 0 spiro atoms. The van der Waals surface area contributed by atoms with Crippen LogP contribution >= 0.6 is 0 Å². The Morgan fingerprint density at radius 3 is 2.44 bits per heavy atom. The fourth-order valence-corrected chi connectivity index (χ4v) is 6.43. The average Bonchev–Trinajstić information content (AvgIpc) is 3.86. The molecule has 5 heterocycles. The second-order valence-corrected chi connectivity index (χ2v) is 11.5. The van der Waals surface area contributed by atoms with Crippen LogP contribution in [0.1, 0.15) is 28.8 Å². The van der Waals surface area contributed by atoms with Crippen LogP contribution in [0.4, 0.5) is 8.78 Å². The second kappa shape index (κ2) is 11.2. The fourth-order valence-electron chi connectivity index (χ4n) is 6.43. The highest BCUT2D eigenvalue weighted by atomic mass is 19.1. The van der Waals surface area contributed by atoms with Crippen LogP contribution in [0.25, 0.3) is 44.7 Å². The van der Waals surface area contributed by atoms with Crippen LogP contribution in [0.2, 0.25) is 0 Å². The Morgan fingerprint density at radius 1 is 0.896 bits per heavy atom. The number of benzene rings is 3. The summed E-state index contributed by atoms with van der Waals surface area (Å²) in [6.07, 6.45) is 1.54. The van der Waals surface area contributed by atoms with Crippen molar-refractivity contribution in [2.45, 2.75) is 38.9 Å². The van der Waals surface area contributed by atoms with Crippen LogP contribution < -0.4 is 17.1 Å². The summed E-state index contributed by atoms with van der Waals surface area (Å²) in [6.45, 7) is 1.06. The Labute approximate surface area is 267 Å². The van der Waals surface area contributed by atoms with Gasteiger partial charge in [-0.15, -0.1) is 5.10 Å². The van der Waals surface area contributed by atoms with Crippen molar-refractivity contribution < 1.29 is 17.6 Å².